The molecule has 0 bridgehead atoms. The van der Waals surface area contributed by atoms with Gasteiger partial charge in [0, 0.05) is 14.0 Å². The molecule has 0 atom stereocenters. The maximum absolute atomic E-state index is 13.4. The molecule has 0 fully saturated rings. The zero-order chi connectivity index (χ0) is 16.1. The van der Waals surface area contributed by atoms with Gasteiger partial charge < -0.3 is 0 Å². The van der Waals surface area contributed by atoms with E-state index < -0.39 is 63.5 Å². The lowest BCUT2D eigenvalue weighted by atomic mass is 10.0. The summed E-state index contributed by atoms with van der Waals surface area (Å²) in [6.07, 6.45) is 0. The summed E-state index contributed by atoms with van der Waals surface area (Å²) in [7, 11) is 0. The van der Waals surface area contributed by atoms with Crippen molar-refractivity contribution >= 4 is 8.41 Å². The minimum absolute atomic E-state index is 0. The van der Waals surface area contributed by atoms with Crippen LogP contribution in [0.1, 0.15) is 0 Å². The van der Waals surface area contributed by atoms with Crippen LogP contribution in [0.2, 0.25) is 0 Å². The molecular formula is C12HBF9. The Labute approximate surface area is 118 Å². The van der Waals surface area contributed by atoms with Crippen molar-refractivity contribution < 1.29 is 39.5 Å². The SMILES string of the molecule is Fc1cc(-c2c(F)c(F)c(F)c(F)c2F)c(F)c(F)c1F.[B]. The van der Waals surface area contributed by atoms with Crippen molar-refractivity contribution in [2.24, 2.45) is 0 Å². The smallest absolute Gasteiger partial charge is 0.200 e. The van der Waals surface area contributed by atoms with E-state index in [-0.39, 0.29) is 14.5 Å². The Kier molecular flexibility index (Phi) is 4.84. The van der Waals surface area contributed by atoms with Crippen molar-refractivity contribution in [3.63, 3.8) is 0 Å². The molecule has 10 heteroatoms. The Balaban J connectivity index is 0.00000242. The first kappa shape index (κ1) is 17.9. The van der Waals surface area contributed by atoms with Gasteiger partial charge in [-0.1, -0.05) is 0 Å². The van der Waals surface area contributed by atoms with E-state index in [0.717, 1.165) is 0 Å². The Bertz CT molecular complexity index is 728. The van der Waals surface area contributed by atoms with Crippen LogP contribution in [0, 0.1) is 52.4 Å². The Hall–Kier alpha value is -2.13. The van der Waals surface area contributed by atoms with Gasteiger partial charge in [-0.15, -0.1) is 0 Å². The zero-order valence-corrected chi connectivity index (χ0v) is 10.1. The number of rotatable bonds is 1. The molecule has 0 unspecified atom stereocenters. The maximum Gasteiger partial charge on any atom is 0.200 e. The average Bonchev–Trinajstić information content (AvgIpc) is 2.46. The maximum atomic E-state index is 13.4. The van der Waals surface area contributed by atoms with Gasteiger partial charge in [0.2, 0.25) is 5.82 Å². The standard InChI is InChI=1S/C12HF9.B/c13-3-1-2(5(14)9(18)6(3)15)4-7(16)10(19)12(21)11(20)8(4)17;/h1H;. The molecule has 0 saturated carbocycles. The minimum Gasteiger partial charge on any atom is -0.204 e. The van der Waals surface area contributed by atoms with E-state index in [9.17, 15) is 39.5 Å². The second-order valence-corrected chi connectivity index (χ2v) is 3.79. The molecule has 2 aromatic carbocycles. The predicted octanol–water partition coefficient (Wildman–Crippen LogP) is 4.22. The van der Waals surface area contributed by atoms with E-state index in [4.69, 9.17) is 0 Å². The minimum atomic E-state index is -2.53. The van der Waals surface area contributed by atoms with Crippen molar-refractivity contribution in [3.8, 4) is 11.1 Å². The summed E-state index contributed by atoms with van der Waals surface area (Å²) in [6, 6.07) is -0.216. The van der Waals surface area contributed by atoms with Gasteiger partial charge in [0.05, 0.1) is 5.56 Å². The van der Waals surface area contributed by atoms with E-state index >= 15 is 0 Å². The molecule has 0 saturated heterocycles. The fraction of sp³-hybridized carbons (Fsp3) is 0. The number of hydrogen-bond donors (Lipinski definition) is 0. The highest BCUT2D eigenvalue weighted by Crippen LogP contribution is 2.34. The quantitative estimate of drug-likeness (QED) is 0.318. The molecule has 115 valence electrons. The van der Waals surface area contributed by atoms with Gasteiger partial charge in [-0.3, -0.25) is 0 Å². The van der Waals surface area contributed by atoms with Crippen LogP contribution in [-0.2, 0) is 0 Å². The molecule has 0 spiro atoms. The van der Waals surface area contributed by atoms with Gasteiger partial charge in [0.25, 0.3) is 0 Å². The monoisotopic (exact) mass is 327 g/mol. The largest absolute Gasteiger partial charge is 0.204 e. The van der Waals surface area contributed by atoms with Gasteiger partial charge in [-0.25, -0.2) is 39.5 Å². The summed E-state index contributed by atoms with van der Waals surface area (Å²) < 4.78 is 118. The van der Waals surface area contributed by atoms with Crippen molar-refractivity contribution in [1.82, 2.24) is 0 Å². The van der Waals surface area contributed by atoms with Gasteiger partial charge in [-0.2, -0.15) is 0 Å². The number of benzene rings is 2. The van der Waals surface area contributed by atoms with Gasteiger partial charge in [0.15, 0.2) is 46.5 Å². The molecule has 2 aromatic rings. The summed E-state index contributed by atoms with van der Waals surface area (Å²) in [6.45, 7) is 0. The highest BCUT2D eigenvalue weighted by Gasteiger charge is 2.30. The fourth-order valence-corrected chi connectivity index (χ4v) is 1.60. The summed E-state index contributed by atoms with van der Waals surface area (Å²) in [5.74, 6) is -21.5. The summed E-state index contributed by atoms with van der Waals surface area (Å²) in [5.41, 5.74) is -3.54. The molecule has 2 rings (SSSR count). The van der Waals surface area contributed by atoms with Crippen molar-refractivity contribution in [3.05, 3.63) is 58.4 Å². The first-order valence-electron chi connectivity index (χ1n) is 5.03. The molecular weight excluding hydrogens is 326 g/mol. The van der Waals surface area contributed by atoms with Crippen LogP contribution in [0.15, 0.2) is 6.07 Å². The lowest BCUT2D eigenvalue weighted by Gasteiger charge is -2.10. The molecule has 22 heavy (non-hydrogen) atoms. The van der Waals surface area contributed by atoms with Crippen LogP contribution < -0.4 is 0 Å². The predicted molar refractivity (Wildman–Crippen MR) is 57.3 cm³/mol. The fourth-order valence-electron chi connectivity index (χ4n) is 1.60. The second kappa shape index (κ2) is 5.94. The third-order valence-corrected chi connectivity index (χ3v) is 2.58. The third kappa shape index (κ3) is 2.42. The van der Waals surface area contributed by atoms with Crippen LogP contribution >= 0.6 is 0 Å². The zero-order valence-electron chi connectivity index (χ0n) is 10.1. The summed E-state index contributed by atoms with van der Waals surface area (Å²) in [4.78, 5) is 0. The molecule has 0 nitrogen and oxygen atoms in total. The molecule has 0 aliphatic carbocycles. The third-order valence-electron chi connectivity index (χ3n) is 2.58. The van der Waals surface area contributed by atoms with Gasteiger partial charge in [-0.05, 0) is 6.07 Å². The normalized spacial score (nSPS) is 10.6. The molecule has 0 aliphatic rings. The van der Waals surface area contributed by atoms with Crippen LogP contribution in [0.25, 0.3) is 11.1 Å². The Morgan fingerprint density at radius 3 is 1.27 bits per heavy atom. The van der Waals surface area contributed by atoms with Gasteiger partial charge >= 0.3 is 0 Å². The lowest BCUT2D eigenvalue weighted by molar-refractivity contribution is 0.379. The lowest BCUT2D eigenvalue weighted by Crippen LogP contribution is -2.07. The molecule has 0 amide bonds. The molecule has 0 aromatic heterocycles. The van der Waals surface area contributed by atoms with E-state index in [0.29, 0.717) is 0 Å². The second-order valence-electron chi connectivity index (χ2n) is 3.79. The highest BCUT2D eigenvalue weighted by molar-refractivity contribution is 5.75. The van der Waals surface area contributed by atoms with Crippen LogP contribution in [0.5, 0.6) is 0 Å². The van der Waals surface area contributed by atoms with Crippen LogP contribution in [0.3, 0.4) is 0 Å². The summed E-state index contributed by atoms with van der Waals surface area (Å²) in [5, 5.41) is 0. The highest BCUT2D eigenvalue weighted by atomic mass is 19.2. The average molecular weight is 327 g/mol. The topological polar surface area (TPSA) is 0 Å². The Morgan fingerprint density at radius 2 is 0.818 bits per heavy atom. The van der Waals surface area contributed by atoms with Crippen LogP contribution in [0.4, 0.5) is 39.5 Å². The molecule has 0 N–H and O–H groups in total. The Morgan fingerprint density at radius 1 is 0.455 bits per heavy atom. The number of hydrogen-bond acceptors (Lipinski definition) is 0. The van der Waals surface area contributed by atoms with Crippen molar-refractivity contribution in [1.29, 1.82) is 0 Å². The molecule has 0 aliphatic heterocycles. The first-order valence-corrected chi connectivity index (χ1v) is 5.03. The first-order chi connectivity index (χ1) is 9.68. The number of halogens is 9. The van der Waals surface area contributed by atoms with Gasteiger partial charge in [0.1, 0.15) is 0 Å². The molecule has 0 heterocycles. The summed E-state index contributed by atoms with van der Waals surface area (Å²) >= 11 is 0. The van der Waals surface area contributed by atoms with E-state index in [2.05, 4.69) is 0 Å². The van der Waals surface area contributed by atoms with E-state index in [1.54, 1.807) is 0 Å². The van der Waals surface area contributed by atoms with Crippen molar-refractivity contribution in [2.75, 3.05) is 0 Å². The van der Waals surface area contributed by atoms with Crippen molar-refractivity contribution in [2.45, 2.75) is 0 Å². The molecule has 3 radical (unpaired) electrons. The van der Waals surface area contributed by atoms with E-state index in [1.165, 1.54) is 0 Å². The van der Waals surface area contributed by atoms with Crippen LogP contribution in [-0.4, -0.2) is 8.41 Å². The van der Waals surface area contributed by atoms with E-state index in [1.807, 2.05) is 0 Å².